The normalized spacial score (nSPS) is 10.9. The van der Waals surface area contributed by atoms with Crippen molar-refractivity contribution in [2.75, 3.05) is 11.9 Å². The van der Waals surface area contributed by atoms with Crippen LogP contribution in [0.3, 0.4) is 0 Å². The summed E-state index contributed by atoms with van der Waals surface area (Å²) in [6.07, 6.45) is 5.55. The molecule has 2 aromatic rings. The maximum atomic E-state index is 4.60. The highest BCUT2D eigenvalue weighted by Crippen LogP contribution is 2.12. The van der Waals surface area contributed by atoms with Gasteiger partial charge in [0.1, 0.15) is 0 Å². The Morgan fingerprint density at radius 2 is 2.10 bits per heavy atom. The van der Waals surface area contributed by atoms with E-state index >= 15 is 0 Å². The molecule has 0 atom stereocenters. The zero-order chi connectivity index (χ0) is 15.2. The van der Waals surface area contributed by atoms with Gasteiger partial charge in [0.25, 0.3) is 0 Å². The molecule has 1 N–H and O–H groups in total. The second kappa shape index (κ2) is 7.13. The summed E-state index contributed by atoms with van der Waals surface area (Å²) < 4.78 is 0. The molecule has 2 aromatic heterocycles. The number of anilines is 1. The molecule has 0 bridgehead atoms. The minimum Gasteiger partial charge on any atom is -0.339 e. The Bertz CT molecular complexity index is 568. The molecule has 0 aromatic carbocycles. The molecule has 112 valence electrons. The fraction of sp³-hybridized carbons (Fsp3) is 0.438. The summed E-state index contributed by atoms with van der Waals surface area (Å²) in [5, 5.41) is 3.39. The lowest BCUT2D eigenvalue weighted by molar-refractivity contribution is 0.584. The van der Waals surface area contributed by atoms with Gasteiger partial charge in [0.05, 0.1) is 0 Å². The molecule has 0 unspecified atom stereocenters. The van der Waals surface area contributed by atoms with Gasteiger partial charge >= 0.3 is 0 Å². The number of hydrogen-bond acceptors (Lipinski definition) is 5. The molecule has 2 rings (SSSR count). The predicted octanol–water partition coefficient (Wildman–Crippen LogP) is 2.31. The second-order valence-electron chi connectivity index (χ2n) is 5.53. The lowest BCUT2D eigenvalue weighted by Crippen LogP contribution is -2.24. The van der Waals surface area contributed by atoms with E-state index in [1.54, 1.807) is 6.20 Å². The molecule has 0 saturated heterocycles. The van der Waals surface area contributed by atoms with Crippen LogP contribution < -0.4 is 10.2 Å². The average molecular weight is 285 g/mol. The van der Waals surface area contributed by atoms with Gasteiger partial charge in [-0.2, -0.15) is 0 Å². The van der Waals surface area contributed by atoms with E-state index < -0.39 is 0 Å². The number of aromatic nitrogens is 3. The molecule has 21 heavy (non-hydrogen) atoms. The molecule has 5 nitrogen and oxygen atoms in total. The number of rotatable bonds is 6. The van der Waals surface area contributed by atoms with Crippen LogP contribution >= 0.6 is 0 Å². The summed E-state index contributed by atoms with van der Waals surface area (Å²) in [5.41, 5.74) is 3.31. The number of aryl methyl sites for hydroxylation is 1. The van der Waals surface area contributed by atoms with Crippen LogP contribution in [0.4, 0.5) is 5.95 Å². The molecule has 2 heterocycles. The van der Waals surface area contributed by atoms with Gasteiger partial charge in [0.2, 0.25) is 5.95 Å². The Morgan fingerprint density at radius 3 is 2.71 bits per heavy atom. The first-order valence-electron chi connectivity index (χ1n) is 7.22. The van der Waals surface area contributed by atoms with Crippen LogP contribution in [0.15, 0.2) is 30.7 Å². The van der Waals surface area contributed by atoms with Gasteiger partial charge in [0, 0.05) is 56.0 Å². The molecule has 0 radical (unpaired) electrons. The fourth-order valence-corrected chi connectivity index (χ4v) is 1.99. The van der Waals surface area contributed by atoms with Crippen LogP contribution in [0.25, 0.3) is 0 Å². The molecule has 0 aliphatic carbocycles. The van der Waals surface area contributed by atoms with Crippen LogP contribution in [-0.2, 0) is 13.1 Å². The average Bonchev–Trinajstić information content (AvgIpc) is 2.46. The standard InChI is InChI=1S/C16H23N5/c1-12(2)18-9-15-10-19-16(20-13(15)3)21(4)11-14-6-5-7-17-8-14/h5-8,10,12,18H,9,11H2,1-4H3. The third kappa shape index (κ3) is 4.49. The maximum absolute atomic E-state index is 4.60. The van der Waals surface area contributed by atoms with Crippen molar-refractivity contribution in [3.05, 3.63) is 47.5 Å². The first kappa shape index (κ1) is 15.4. The lowest BCUT2D eigenvalue weighted by Gasteiger charge is -2.18. The topological polar surface area (TPSA) is 53.9 Å². The Balaban J connectivity index is 2.05. The molecule has 0 saturated carbocycles. The van der Waals surface area contributed by atoms with Gasteiger partial charge in [-0.1, -0.05) is 19.9 Å². The fourth-order valence-electron chi connectivity index (χ4n) is 1.99. The van der Waals surface area contributed by atoms with Crippen molar-refractivity contribution in [1.29, 1.82) is 0 Å². The highest BCUT2D eigenvalue weighted by atomic mass is 15.2. The van der Waals surface area contributed by atoms with Gasteiger partial charge in [-0.05, 0) is 18.6 Å². The molecule has 0 amide bonds. The zero-order valence-electron chi connectivity index (χ0n) is 13.2. The summed E-state index contributed by atoms with van der Waals surface area (Å²) in [6, 6.07) is 4.45. The summed E-state index contributed by atoms with van der Waals surface area (Å²) >= 11 is 0. The van der Waals surface area contributed by atoms with Gasteiger partial charge < -0.3 is 10.2 Å². The minimum absolute atomic E-state index is 0.456. The third-order valence-electron chi connectivity index (χ3n) is 3.25. The number of pyridine rings is 1. The van der Waals surface area contributed by atoms with E-state index in [0.29, 0.717) is 6.04 Å². The largest absolute Gasteiger partial charge is 0.339 e. The van der Waals surface area contributed by atoms with E-state index in [1.807, 2.05) is 37.3 Å². The van der Waals surface area contributed by atoms with Crippen molar-refractivity contribution in [2.24, 2.45) is 0 Å². The van der Waals surface area contributed by atoms with E-state index in [4.69, 9.17) is 0 Å². The summed E-state index contributed by atoms with van der Waals surface area (Å²) in [5.74, 6) is 0.740. The van der Waals surface area contributed by atoms with E-state index in [1.165, 1.54) is 0 Å². The second-order valence-corrected chi connectivity index (χ2v) is 5.53. The van der Waals surface area contributed by atoms with Crippen LogP contribution in [0, 0.1) is 6.92 Å². The molecule has 0 fully saturated rings. The van der Waals surface area contributed by atoms with Gasteiger partial charge in [-0.15, -0.1) is 0 Å². The maximum Gasteiger partial charge on any atom is 0.225 e. The van der Waals surface area contributed by atoms with Gasteiger partial charge in [0.15, 0.2) is 0 Å². The highest BCUT2D eigenvalue weighted by molar-refractivity contribution is 5.33. The smallest absolute Gasteiger partial charge is 0.225 e. The van der Waals surface area contributed by atoms with Crippen LogP contribution in [0.2, 0.25) is 0 Å². The first-order valence-corrected chi connectivity index (χ1v) is 7.22. The van der Waals surface area contributed by atoms with Crippen molar-refractivity contribution < 1.29 is 0 Å². The van der Waals surface area contributed by atoms with Crippen LogP contribution in [0.5, 0.6) is 0 Å². The first-order chi connectivity index (χ1) is 10.1. The van der Waals surface area contributed by atoms with E-state index in [-0.39, 0.29) is 0 Å². The summed E-state index contributed by atoms with van der Waals surface area (Å²) in [4.78, 5) is 15.2. The van der Waals surface area contributed by atoms with Crippen molar-refractivity contribution in [2.45, 2.75) is 39.9 Å². The van der Waals surface area contributed by atoms with Crippen molar-refractivity contribution in [3.8, 4) is 0 Å². The summed E-state index contributed by atoms with van der Waals surface area (Å²) in [6.45, 7) is 7.84. The highest BCUT2D eigenvalue weighted by Gasteiger charge is 2.08. The van der Waals surface area contributed by atoms with Crippen LogP contribution in [0.1, 0.15) is 30.7 Å². The molecular formula is C16H23N5. The number of nitrogens with one attached hydrogen (secondary N) is 1. The Kier molecular flexibility index (Phi) is 5.22. The van der Waals surface area contributed by atoms with Gasteiger partial charge in [-0.3, -0.25) is 4.98 Å². The van der Waals surface area contributed by atoms with Gasteiger partial charge in [-0.25, -0.2) is 9.97 Å². The summed E-state index contributed by atoms with van der Waals surface area (Å²) in [7, 11) is 1.99. The molecule has 0 aliphatic heterocycles. The quantitative estimate of drug-likeness (QED) is 0.882. The van der Waals surface area contributed by atoms with Crippen molar-refractivity contribution in [1.82, 2.24) is 20.3 Å². The Morgan fingerprint density at radius 1 is 1.29 bits per heavy atom. The van der Waals surface area contributed by atoms with Crippen molar-refractivity contribution in [3.63, 3.8) is 0 Å². The number of nitrogens with zero attached hydrogens (tertiary/aromatic N) is 4. The molecule has 0 spiro atoms. The van der Waals surface area contributed by atoms with Crippen LogP contribution in [-0.4, -0.2) is 28.0 Å². The van der Waals surface area contributed by atoms with E-state index in [2.05, 4.69) is 40.2 Å². The lowest BCUT2D eigenvalue weighted by atomic mass is 10.2. The molecule has 5 heteroatoms. The van der Waals surface area contributed by atoms with Crippen molar-refractivity contribution >= 4 is 5.95 Å². The Hall–Kier alpha value is -2.01. The zero-order valence-corrected chi connectivity index (χ0v) is 13.2. The Labute approximate surface area is 126 Å². The predicted molar refractivity (Wildman–Crippen MR) is 85.1 cm³/mol. The molecule has 0 aliphatic rings. The van der Waals surface area contributed by atoms with E-state index in [9.17, 15) is 0 Å². The van der Waals surface area contributed by atoms with E-state index in [0.717, 1.165) is 35.9 Å². The minimum atomic E-state index is 0.456. The number of hydrogen-bond donors (Lipinski definition) is 1. The monoisotopic (exact) mass is 285 g/mol. The molecular weight excluding hydrogens is 262 g/mol. The third-order valence-corrected chi connectivity index (χ3v) is 3.25. The SMILES string of the molecule is Cc1nc(N(C)Cc2cccnc2)ncc1CNC(C)C.